The van der Waals surface area contributed by atoms with Gasteiger partial charge in [-0.25, -0.2) is 4.39 Å². The van der Waals surface area contributed by atoms with Crippen molar-refractivity contribution >= 4 is 22.6 Å². The van der Waals surface area contributed by atoms with E-state index in [1.165, 1.54) is 6.07 Å². The van der Waals surface area contributed by atoms with Crippen LogP contribution >= 0.6 is 22.6 Å². The van der Waals surface area contributed by atoms with E-state index in [-0.39, 0.29) is 5.82 Å². The van der Waals surface area contributed by atoms with Crippen LogP contribution < -0.4 is 10.5 Å². The normalized spacial score (nSPS) is 12.2. The molecule has 0 bridgehead atoms. The number of halogens is 2. The van der Waals surface area contributed by atoms with Crippen molar-refractivity contribution in [2.45, 2.75) is 13.0 Å². The third-order valence-corrected chi connectivity index (χ3v) is 3.16. The Morgan fingerprint density at radius 2 is 1.94 bits per heavy atom. The number of ether oxygens (including phenoxy) is 1. The molecule has 0 aliphatic carbocycles. The SMILES string of the molecule is C[C@@H](N)c1c(F)cccc1Oc1cccc(I)c1. The molecule has 18 heavy (non-hydrogen) atoms. The average molecular weight is 357 g/mol. The number of hydrogen-bond donors (Lipinski definition) is 1. The van der Waals surface area contributed by atoms with Gasteiger partial charge in [0.25, 0.3) is 0 Å². The Hall–Kier alpha value is -1.14. The maximum atomic E-state index is 13.7. The van der Waals surface area contributed by atoms with E-state index in [1.54, 1.807) is 19.1 Å². The molecule has 2 aromatic rings. The van der Waals surface area contributed by atoms with Crippen molar-refractivity contribution in [2.75, 3.05) is 0 Å². The molecular weight excluding hydrogens is 344 g/mol. The summed E-state index contributed by atoms with van der Waals surface area (Å²) in [6.45, 7) is 1.74. The van der Waals surface area contributed by atoms with Crippen LogP contribution in [0.15, 0.2) is 42.5 Å². The van der Waals surface area contributed by atoms with E-state index in [0.717, 1.165) is 3.57 Å². The highest BCUT2D eigenvalue weighted by Gasteiger charge is 2.14. The molecule has 2 nitrogen and oxygen atoms in total. The summed E-state index contributed by atoms with van der Waals surface area (Å²) in [4.78, 5) is 0. The van der Waals surface area contributed by atoms with Gasteiger partial charge in [0, 0.05) is 15.2 Å². The van der Waals surface area contributed by atoms with Crippen molar-refractivity contribution < 1.29 is 9.13 Å². The van der Waals surface area contributed by atoms with Crippen LogP contribution in [0.25, 0.3) is 0 Å². The third kappa shape index (κ3) is 3.00. The largest absolute Gasteiger partial charge is 0.457 e. The highest BCUT2D eigenvalue weighted by Crippen LogP contribution is 2.31. The van der Waals surface area contributed by atoms with Gasteiger partial charge in [0.2, 0.25) is 0 Å². The fraction of sp³-hybridized carbons (Fsp3) is 0.143. The van der Waals surface area contributed by atoms with Crippen LogP contribution in [0.2, 0.25) is 0 Å². The second kappa shape index (κ2) is 5.67. The van der Waals surface area contributed by atoms with Gasteiger partial charge in [0.1, 0.15) is 17.3 Å². The van der Waals surface area contributed by atoms with Crippen LogP contribution in [0.3, 0.4) is 0 Å². The Bertz CT molecular complexity index is 557. The van der Waals surface area contributed by atoms with Gasteiger partial charge in [0.15, 0.2) is 0 Å². The number of nitrogens with two attached hydrogens (primary N) is 1. The Morgan fingerprint density at radius 1 is 1.22 bits per heavy atom. The van der Waals surface area contributed by atoms with E-state index >= 15 is 0 Å². The summed E-state index contributed by atoms with van der Waals surface area (Å²) in [7, 11) is 0. The molecule has 0 aliphatic rings. The second-order valence-corrected chi connectivity index (χ2v) is 5.25. The molecule has 4 heteroatoms. The van der Waals surface area contributed by atoms with Crippen molar-refractivity contribution in [1.82, 2.24) is 0 Å². The summed E-state index contributed by atoms with van der Waals surface area (Å²) < 4.78 is 20.5. The van der Waals surface area contributed by atoms with Gasteiger partial charge < -0.3 is 10.5 Å². The minimum absolute atomic E-state index is 0.340. The summed E-state index contributed by atoms with van der Waals surface area (Å²) in [5, 5.41) is 0. The Balaban J connectivity index is 2.37. The first kappa shape index (κ1) is 13.3. The molecule has 0 unspecified atom stereocenters. The zero-order chi connectivity index (χ0) is 13.1. The van der Waals surface area contributed by atoms with Crippen LogP contribution in [-0.4, -0.2) is 0 Å². The first-order valence-electron chi connectivity index (χ1n) is 5.55. The lowest BCUT2D eigenvalue weighted by Crippen LogP contribution is -2.09. The monoisotopic (exact) mass is 357 g/mol. The quantitative estimate of drug-likeness (QED) is 0.834. The van der Waals surface area contributed by atoms with Gasteiger partial charge in [-0.05, 0) is 59.8 Å². The van der Waals surface area contributed by atoms with E-state index in [1.807, 2.05) is 24.3 Å². The maximum absolute atomic E-state index is 13.7. The number of hydrogen-bond acceptors (Lipinski definition) is 2. The molecule has 0 saturated carbocycles. The molecule has 2 rings (SSSR count). The van der Waals surface area contributed by atoms with E-state index in [9.17, 15) is 4.39 Å². The molecule has 0 aromatic heterocycles. The lowest BCUT2D eigenvalue weighted by molar-refractivity contribution is 0.460. The molecule has 2 N–H and O–H groups in total. The topological polar surface area (TPSA) is 35.2 Å². The van der Waals surface area contributed by atoms with Gasteiger partial charge in [-0.2, -0.15) is 0 Å². The van der Waals surface area contributed by atoms with Crippen LogP contribution in [0.5, 0.6) is 11.5 Å². The first-order valence-corrected chi connectivity index (χ1v) is 6.63. The Morgan fingerprint density at radius 3 is 2.61 bits per heavy atom. The molecule has 94 valence electrons. The average Bonchev–Trinajstić information content (AvgIpc) is 2.28. The molecule has 1 atom stereocenters. The van der Waals surface area contributed by atoms with Crippen molar-refractivity contribution in [3.63, 3.8) is 0 Å². The predicted molar refractivity (Wildman–Crippen MR) is 78.2 cm³/mol. The summed E-state index contributed by atoms with van der Waals surface area (Å²) in [5.41, 5.74) is 6.18. The van der Waals surface area contributed by atoms with Gasteiger partial charge in [-0.1, -0.05) is 12.1 Å². The van der Waals surface area contributed by atoms with Crippen LogP contribution in [-0.2, 0) is 0 Å². The number of benzene rings is 2. The Kier molecular flexibility index (Phi) is 4.19. The summed E-state index contributed by atoms with van der Waals surface area (Å²) in [6, 6.07) is 11.9. The lowest BCUT2D eigenvalue weighted by Gasteiger charge is -2.14. The highest BCUT2D eigenvalue weighted by atomic mass is 127. The lowest BCUT2D eigenvalue weighted by atomic mass is 10.1. The van der Waals surface area contributed by atoms with E-state index in [4.69, 9.17) is 10.5 Å². The molecule has 0 heterocycles. The molecule has 2 aromatic carbocycles. The minimum Gasteiger partial charge on any atom is -0.457 e. The zero-order valence-corrected chi connectivity index (χ0v) is 12.0. The van der Waals surface area contributed by atoms with Crippen molar-refractivity contribution in [3.05, 3.63) is 57.4 Å². The van der Waals surface area contributed by atoms with Gasteiger partial charge in [-0.15, -0.1) is 0 Å². The first-order chi connectivity index (χ1) is 8.58. The molecule has 0 fully saturated rings. The van der Waals surface area contributed by atoms with Gasteiger partial charge in [-0.3, -0.25) is 0 Å². The van der Waals surface area contributed by atoms with Gasteiger partial charge >= 0.3 is 0 Å². The van der Waals surface area contributed by atoms with Crippen molar-refractivity contribution in [1.29, 1.82) is 0 Å². The smallest absolute Gasteiger partial charge is 0.135 e. The highest BCUT2D eigenvalue weighted by molar-refractivity contribution is 14.1. The predicted octanol–water partition coefficient (Wildman–Crippen LogP) is 4.24. The minimum atomic E-state index is -0.413. The third-order valence-electron chi connectivity index (χ3n) is 2.49. The standard InChI is InChI=1S/C14H13FINO/c1-9(17)14-12(15)6-3-7-13(14)18-11-5-2-4-10(16)8-11/h2-9H,17H2,1H3/t9-/m1/s1. The maximum Gasteiger partial charge on any atom is 0.135 e. The van der Waals surface area contributed by atoms with Crippen molar-refractivity contribution in [2.24, 2.45) is 5.73 Å². The van der Waals surface area contributed by atoms with E-state index in [2.05, 4.69) is 22.6 Å². The number of rotatable bonds is 3. The second-order valence-electron chi connectivity index (χ2n) is 4.00. The molecule has 0 aliphatic heterocycles. The fourth-order valence-corrected chi connectivity index (χ4v) is 2.22. The molecule has 0 spiro atoms. The van der Waals surface area contributed by atoms with Crippen LogP contribution in [0.4, 0.5) is 4.39 Å². The summed E-state index contributed by atoms with van der Waals surface area (Å²) in [6.07, 6.45) is 0. The fourth-order valence-electron chi connectivity index (χ4n) is 1.71. The van der Waals surface area contributed by atoms with Crippen LogP contribution in [0, 0.1) is 9.39 Å². The van der Waals surface area contributed by atoms with Gasteiger partial charge in [0.05, 0.1) is 0 Å². The zero-order valence-electron chi connectivity index (χ0n) is 9.86. The molecule has 0 saturated heterocycles. The summed E-state index contributed by atoms with van der Waals surface area (Å²) >= 11 is 2.20. The van der Waals surface area contributed by atoms with Crippen LogP contribution in [0.1, 0.15) is 18.5 Å². The molecule has 0 amide bonds. The summed E-state index contributed by atoms with van der Waals surface area (Å²) in [5.74, 6) is 0.800. The Labute approximate surface area is 119 Å². The van der Waals surface area contributed by atoms with E-state index < -0.39 is 6.04 Å². The van der Waals surface area contributed by atoms with E-state index in [0.29, 0.717) is 17.1 Å². The molecule has 0 radical (unpaired) electrons. The molecular formula is C14H13FINO. The van der Waals surface area contributed by atoms with Crippen molar-refractivity contribution in [3.8, 4) is 11.5 Å².